The normalized spacial score (nSPS) is 21.6. The molecule has 2 aromatic rings. The third kappa shape index (κ3) is 2.07. The molecule has 1 atom stereocenters. The van der Waals surface area contributed by atoms with Crippen molar-refractivity contribution in [2.24, 2.45) is 0 Å². The predicted molar refractivity (Wildman–Crippen MR) is 97.9 cm³/mol. The molecule has 0 amide bonds. The molecule has 1 aromatic carbocycles. The molecule has 118 valence electrons. The van der Waals surface area contributed by atoms with Crippen molar-refractivity contribution in [3.8, 4) is 0 Å². The summed E-state index contributed by atoms with van der Waals surface area (Å²) in [7, 11) is 0. The van der Waals surface area contributed by atoms with Crippen molar-refractivity contribution in [1.29, 1.82) is 0 Å². The zero-order valence-electron chi connectivity index (χ0n) is 12.9. The minimum absolute atomic E-state index is 0.486. The summed E-state index contributed by atoms with van der Waals surface area (Å²) in [6.45, 7) is 8.60. The highest BCUT2D eigenvalue weighted by Gasteiger charge is 2.29. The Kier molecular flexibility index (Phi) is 3.74. The number of imidazole rings is 1. The van der Waals surface area contributed by atoms with Gasteiger partial charge in [-0.25, -0.2) is 4.98 Å². The molecule has 22 heavy (non-hydrogen) atoms. The minimum Gasteiger partial charge on any atom is -0.337 e. The second-order valence-corrected chi connectivity index (χ2v) is 7.93. The molecule has 1 N–H and O–H groups in total. The van der Waals surface area contributed by atoms with Crippen LogP contribution in [0.5, 0.6) is 0 Å². The number of hydrogen-bond donors (Lipinski definition) is 1. The van der Waals surface area contributed by atoms with E-state index in [0.717, 1.165) is 48.5 Å². The number of aromatic nitrogens is 2. The van der Waals surface area contributed by atoms with E-state index in [0.29, 0.717) is 6.04 Å². The fourth-order valence-electron chi connectivity index (χ4n) is 3.72. The number of halogens is 2. The van der Waals surface area contributed by atoms with Crippen molar-refractivity contribution in [2.45, 2.75) is 39.3 Å². The maximum absolute atomic E-state index is 5.07. The second kappa shape index (κ2) is 5.49. The van der Waals surface area contributed by atoms with Crippen LogP contribution in [0.25, 0.3) is 11.0 Å². The second-order valence-electron chi connectivity index (χ2n) is 6.34. The fraction of sp³-hybridized carbons (Fsp3) is 0.562. The third-order valence-corrected chi connectivity index (χ3v) is 7.34. The molecule has 2 aliphatic heterocycles. The van der Waals surface area contributed by atoms with Gasteiger partial charge in [-0.2, -0.15) is 0 Å². The van der Waals surface area contributed by atoms with Crippen LogP contribution in [0.2, 0.25) is 0 Å². The average molecular weight is 428 g/mol. The highest BCUT2D eigenvalue weighted by molar-refractivity contribution is 9.13. The van der Waals surface area contributed by atoms with Gasteiger partial charge in [0.15, 0.2) is 0 Å². The van der Waals surface area contributed by atoms with Crippen LogP contribution in [0.3, 0.4) is 0 Å². The zero-order valence-corrected chi connectivity index (χ0v) is 16.1. The van der Waals surface area contributed by atoms with Gasteiger partial charge in [-0.3, -0.25) is 0 Å². The molecule has 4 nitrogen and oxygen atoms in total. The fourth-order valence-corrected chi connectivity index (χ4v) is 4.84. The van der Waals surface area contributed by atoms with Crippen LogP contribution in [-0.2, 0) is 13.0 Å². The van der Waals surface area contributed by atoms with Crippen LogP contribution in [0.15, 0.2) is 8.95 Å². The first kappa shape index (κ1) is 15.0. The van der Waals surface area contributed by atoms with E-state index in [1.54, 1.807) is 0 Å². The number of hydrogen-bond acceptors (Lipinski definition) is 3. The lowest BCUT2D eigenvalue weighted by atomic mass is 10.0. The molecule has 0 radical (unpaired) electrons. The van der Waals surface area contributed by atoms with Crippen molar-refractivity contribution in [2.75, 3.05) is 24.5 Å². The average Bonchev–Trinajstić information content (AvgIpc) is 2.92. The first-order valence-electron chi connectivity index (χ1n) is 7.93. The molecule has 1 fully saturated rings. The summed E-state index contributed by atoms with van der Waals surface area (Å²) in [6.07, 6.45) is 2.30. The largest absolute Gasteiger partial charge is 0.337 e. The van der Waals surface area contributed by atoms with Crippen LogP contribution in [0.1, 0.15) is 24.5 Å². The Morgan fingerprint density at radius 2 is 2.05 bits per heavy atom. The maximum atomic E-state index is 5.07. The molecular formula is C16H20Br2N4. The molecule has 0 bridgehead atoms. The standard InChI is InChI=1S/C16H20Br2N4/c1-9-8-19-5-7-21(9)16-20-14-10(2)12(17)13(18)11-4-3-6-22(16)15(11)14/h9,19H,3-8H2,1-2H3/t9-/m0/s1. The van der Waals surface area contributed by atoms with E-state index in [-0.39, 0.29) is 0 Å². The summed E-state index contributed by atoms with van der Waals surface area (Å²) in [4.78, 5) is 7.54. The van der Waals surface area contributed by atoms with E-state index >= 15 is 0 Å². The molecule has 0 spiro atoms. The van der Waals surface area contributed by atoms with Gasteiger partial charge in [-0.1, -0.05) is 0 Å². The number of piperazine rings is 1. The van der Waals surface area contributed by atoms with Gasteiger partial charge in [0.1, 0.15) is 0 Å². The molecule has 6 heteroatoms. The van der Waals surface area contributed by atoms with Gasteiger partial charge in [0.25, 0.3) is 0 Å². The Hall–Kier alpha value is -0.590. The molecule has 0 aliphatic carbocycles. The third-order valence-electron chi connectivity index (χ3n) is 4.94. The quantitative estimate of drug-likeness (QED) is 0.754. The topological polar surface area (TPSA) is 33.1 Å². The minimum atomic E-state index is 0.486. The number of anilines is 1. The lowest BCUT2D eigenvalue weighted by Gasteiger charge is -2.35. The van der Waals surface area contributed by atoms with Crippen molar-refractivity contribution < 1.29 is 0 Å². The van der Waals surface area contributed by atoms with Gasteiger partial charge in [-0.05, 0) is 69.7 Å². The van der Waals surface area contributed by atoms with E-state index in [4.69, 9.17) is 4.98 Å². The first-order chi connectivity index (χ1) is 10.6. The Bertz CT molecular complexity index is 753. The number of benzene rings is 1. The molecule has 1 aromatic heterocycles. The van der Waals surface area contributed by atoms with E-state index in [1.807, 2.05) is 0 Å². The predicted octanol–water partition coefficient (Wildman–Crippen LogP) is 3.61. The van der Waals surface area contributed by atoms with Gasteiger partial charge in [0, 0.05) is 41.2 Å². The zero-order chi connectivity index (χ0) is 15.4. The first-order valence-corrected chi connectivity index (χ1v) is 9.52. The van der Waals surface area contributed by atoms with E-state index in [1.165, 1.54) is 27.5 Å². The lowest BCUT2D eigenvalue weighted by Crippen LogP contribution is -2.50. The number of aryl methyl sites for hydroxylation is 3. The highest BCUT2D eigenvalue weighted by atomic mass is 79.9. The molecular weight excluding hydrogens is 408 g/mol. The Morgan fingerprint density at radius 3 is 2.82 bits per heavy atom. The number of rotatable bonds is 1. The molecule has 2 aliphatic rings. The van der Waals surface area contributed by atoms with Gasteiger partial charge < -0.3 is 14.8 Å². The summed E-state index contributed by atoms with van der Waals surface area (Å²) in [5, 5.41) is 3.47. The monoisotopic (exact) mass is 426 g/mol. The van der Waals surface area contributed by atoms with Gasteiger partial charge >= 0.3 is 0 Å². The van der Waals surface area contributed by atoms with Gasteiger partial charge in [0.05, 0.1) is 11.0 Å². The van der Waals surface area contributed by atoms with E-state index < -0.39 is 0 Å². The molecule has 0 saturated carbocycles. The van der Waals surface area contributed by atoms with Crippen molar-refractivity contribution in [1.82, 2.24) is 14.9 Å². The van der Waals surface area contributed by atoms with Crippen LogP contribution < -0.4 is 10.2 Å². The van der Waals surface area contributed by atoms with Gasteiger partial charge in [0.2, 0.25) is 5.95 Å². The Balaban J connectivity index is 1.98. The molecule has 4 rings (SSSR count). The van der Waals surface area contributed by atoms with Crippen LogP contribution >= 0.6 is 31.9 Å². The summed E-state index contributed by atoms with van der Waals surface area (Å²) < 4.78 is 4.81. The SMILES string of the molecule is Cc1c(Br)c(Br)c2c3c1nc(N1CCNC[C@@H]1C)n3CCC2. The van der Waals surface area contributed by atoms with Crippen LogP contribution in [0.4, 0.5) is 5.95 Å². The summed E-state index contributed by atoms with van der Waals surface area (Å²) in [6, 6.07) is 0.486. The Labute approximate surface area is 147 Å². The molecule has 3 heterocycles. The summed E-state index contributed by atoms with van der Waals surface area (Å²) in [5.41, 5.74) is 5.13. The van der Waals surface area contributed by atoms with Gasteiger partial charge in [-0.15, -0.1) is 0 Å². The van der Waals surface area contributed by atoms with Crippen LogP contribution in [0, 0.1) is 6.92 Å². The summed E-state index contributed by atoms with van der Waals surface area (Å²) in [5.74, 6) is 1.15. The highest BCUT2D eigenvalue weighted by Crippen LogP contribution is 2.41. The van der Waals surface area contributed by atoms with E-state index in [9.17, 15) is 0 Å². The molecule has 0 unspecified atom stereocenters. The lowest BCUT2D eigenvalue weighted by molar-refractivity contribution is 0.482. The maximum Gasteiger partial charge on any atom is 0.206 e. The van der Waals surface area contributed by atoms with Crippen molar-refractivity contribution in [3.63, 3.8) is 0 Å². The smallest absolute Gasteiger partial charge is 0.206 e. The number of nitrogens with one attached hydrogen (secondary N) is 1. The van der Waals surface area contributed by atoms with Crippen molar-refractivity contribution >= 4 is 48.8 Å². The van der Waals surface area contributed by atoms with Crippen molar-refractivity contribution in [3.05, 3.63) is 20.1 Å². The molecule has 1 saturated heterocycles. The van der Waals surface area contributed by atoms with E-state index in [2.05, 4.69) is 60.5 Å². The Morgan fingerprint density at radius 1 is 1.23 bits per heavy atom. The summed E-state index contributed by atoms with van der Waals surface area (Å²) >= 11 is 7.52. The number of nitrogens with zero attached hydrogens (tertiary/aromatic N) is 3. The van der Waals surface area contributed by atoms with Crippen LogP contribution in [-0.4, -0.2) is 35.2 Å².